The quantitative estimate of drug-likeness (QED) is 0.892. The first-order valence-corrected chi connectivity index (χ1v) is 8.01. The van der Waals surface area contributed by atoms with Crippen LogP contribution in [0.4, 0.5) is 5.00 Å². The first kappa shape index (κ1) is 15.2. The lowest BCUT2D eigenvalue weighted by molar-refractivity contribution is 0.174. The van der Waals surface area contributed by atoms with E-state index in [1.807, 2.05) is 18.2 Å². The molecule has 6 heteroatoms. The van der Waals surface area contributed by atoms with Crippen LogP contribution in [0.25, 0.3) is 12.2 Å². The number of fused-ring (bicyclic) bond motifs is 2. The molecule has 2 aliphatic rings. The van der Waals surface area contributed by atoms with E-state index < -0.39 is 0 Å². The van der Waals surface area contributed by atoms with Crippen molar-refractivity contribution in [1.82, 2.24) is 4.98 Å². The van der Waals surface area contributed by atoms with Crippen LogP contribution >= 0.6 is 23.7 Å². The van der Waals surface area contributed by atoms with E-state index in [0.29, 0.717) is 6.79 Å². The van der Waals surface area contributed by atoms with Gasteiger partial charge in [0.2, 0.25) is 6.79 Å². The lowest BCUT2D eigenvalue weighted by atomic mass is 10.2. The maximum atomic E-state index is 5.39. The Morgan fingerprint density at radius 1 is 1.14 bits per heavy atom. The van der Waals surface area contributed by atoms with E-state index in [9.17, 15) is 0 Å². The van der Waals surface area contributed by atoms with Crippen molar-refractivity contribution in [2.75, 3.05) is 18.7 Å². The number of hydrogen-bond donors (Lipinski definition) is 1. The first-order chi connectivity index (χ1) is 10.4. The smallest absolute Gasteiger partial charge is 0.231 e. The Balaban J connectivity index is 0.00000144. The molecule has 1 N–H and O–H groups in total. The summed E-state index contributed by atoms with van der Waals surface area (Å²) in [5.74, 6) is 1.63. The van der Waals surface area contributed by atoms with Crippen LogP contribution in [0.3, 0.4) is 0 Å². The molecule has 116 valence electrons. The molecule has 0 unspecified atom stereocenters. The van der Waals surface area contributed by atoms with E-state index in [1.165, 1.54) is 23.5 Å². The molecule has 0 fully saturated rings. The predicted octanol–water partition coefficient (Wildman–Crippen LogP) is 4.21. The van der Waals surface area contributed by atoms with Gasteiger partial charge in [-0.1, -0.05) is 23.5 Å². The number of ether oxygens (including phenoxy) is 2. The maximum Gasteiger partial charge on any atom is 0.231 e. The van der Waals surface area contributed by atoms with Crippen LogP contribution in [0, 0.1) is 0 Å². The summed E-state index contributed by atoms with van der Waals surface area (Å²) in [6.07, 6.45) is 7.66. The van der Waals surface area contributed by atoms with Gasteiger partial charge < -0.3 is 14.8 Å². The number of halogens is 1. The Morgan fingerprint density at radius 3 is 3.00 bits per heavy atom. The second-order valence-corrected chi connectivity index (χ2v) is 6.19. The van der Waals surface area contributed by atoms with Crippen LogP contribution in [0.15, 0.2) is 18.2 Å². The zero-order valence-corrected chi connectivity index (χ0v) is 13.6. The van der Waals surface area contributed by atoms with Gasteiger partial charge in [-0.25, -0.2) is 4.98 Å². The minimum absolute atomic E-state index is 0. The molecule has 3 heterocycles. The number of rotatable bonds is 2. The number of aryl methyl sites for hydroxylation is 1. The number of anilines is 1. The standard InChI is InChI=1S/C16H16N2O2S.ClH/c1-2-8-17-16-12(3-1)18-15(21-16)7-5-11-4-6-13-14(9-11)20-10-19-13;/h4-7,9,17H,1-3,8,10H2;1H/b7-5+;. The highest BCUT2D eigenvalue weighted by molar-refractivity contribution is 7.16. The van der Waals surface area contributed by atoms with Gasteiger partial charge in [-0.05, 0) is 43.0 Å². The summed E-state index contributed by atoms with van der Waals surface area (Å²) in [4.78, 5) is 4.71. The topological polar surface area (TPSA) is 43.4 Å². The molecule has 22 heavy (non-hydrogen) atoms. The van der Waals surface area contributed by atoms with Crippen LogP contribution in [-0.2, 0) is 6.42 Å². The van der Waals surface area contributed by atoms with Crippen molar-refractivity contribution in [3.8, 4) is 11.5 Å². The van der Waals surface area contributed by atoms with Crippen molar-refractivity contribution < 1.29 is 9.47 Å². The molecule has 0 aliphatic carbocycles. The molecule has 0 amide bonds. The molecular formula is C16H17ClN2O2S. The third-order valence-corrected chi connectivity index (χ3v) is 4.68. The SMILES string of the molecule is C(=C\c1nc2c(s1)NCCCC2)/c1ccc2c(c1)OCO2.Cl. The van der Waals surface area contributed by atoms with Gasteiger partial charge >= 0.3 is 0 Å². The van der Waals surface area contributed by atoms with Crippen molar-refractivity contribution in [3.63, 3.8) is 0 Å². The van der Waals surface area contributed by atoms with Crippen LogP contribution in [-0.4, -0.2) is 18.3 Å². The largest absolute Gasteiger partial charge is 0.454 e. The minimum atomic E-state index is 0. The summed E-state index contributed by atoms with van der Waals surface area (Å²) >= 11 is 1.73. The zero-order valence-electron chi connectivity index (χ0n) is 12.0. The summed E-state index contributed by atoms with van der Waals surface area (Å²) in [6, 6.07) is 5.97. The molecule has 0 radical (unpaired) electrons. The van der Waals surface area contributed by atoms with Crippen LogP contribution in [0.5, 0.6) is 11.5 Å². The second-order valence-electron chi connectivity index (χ2n) is 5.16. The fourth-order valence-corrected chi connectivity index (χ4v) is 3.49. The monoisotopic (exact) mass is 336 g/mol. The Bertz CT molecular complexity index is 676. The van der Waals surface area contributed by atoms with E-state index in [-0.39, 0.29) is 12.4 Å². The van der Waals surface area contributed by atoms with Crippen molar-refractivity contribution >= 4 is 40.9 Å². The molecule has 0 spiro atoms. The van der Waals surface area contributed by atoms with Crippen LogP contribution in [0.1, 0.15) is 29.1 Å². The molecule has 0 bridgehead atoms. The summed E-state index contributed by atoms with van der Waals surface area (Å²) < 4.78 is 10.7. The van der Waals surface area contributed by atoms with E-state index in [1.54, 1.807) is 11.3 Å². The number of hydrogen-bond acceptors (Lipinski definition) is 5. The van der Waals surface area contributed by atoms with E-state index >= 15 is 0 Å². The van der Waals surface area contributed by atoms with Crippen molar-refractivity contribution in [1.29, 1.82) is 0 Å². The lowest BCUT2D eigenvalue weighted by Crippen LogP contribution is -1.96. The fraction of sp³-hybridized carbons (Fsp3) is 0.312. The predicted molar refractivity (Wildman–Crippen MR) is 92.3 cm³/mol. The molecule has 1 aromatic heterocycles. The normalized spacial score (nSPS) is 15.8. The highest BCUT2D eigenvalue weighted by Crippen LogP contribution is 2.33. The Kier molecular flexibility index (Phi) is 4.55. The molecule has 2 aliphatic heterocycles. The van der Waals surface area contributed by atoms with Gasteiger partial charge in [0.05, 0.1) is 5.69 Å². The fourth-order valence-electron chi connectivity index (χ4n) is 2.55. The number of benzene rings is 1. The molecule has 4 nitrogen and oxygen atoms in total. The number of nitrogens with one attached hydrogen (secondary N) is 1. The van der Waals surface area contributed by atoms with Gasteiger partial charge in [-0.15, -0.1) is 12.4 Å². The lowest BCUT2D eigenvalue weighted by Gasteiger charge is -1.97. The van der Waals surface area contributed by atoms with E-state index in [2.05, 4.69) is 17.5 Å². The molecule has 0 saturated heterocycles. The van der Waals surface area contributed by atoms with Gasteiger partial charge in [-0.3, -0.25) is 0 Å². The summed E-state index contributed by atoms with van der Waals surface area (Å²) in [5, 5.41) is 5.75. The van der Waals surface area contributed by atoms with Gasteiger partial charge in [0.25, 0.3) is 0 Å². The third-order valence-electron chi connectivity index (χ3n) is 3.65. The van der Waals surface area contributed by atoms with Gasteiger partial charge in [0, 0.05) is 6.54 Å². The van der Waals surface area contributed by atoms with E-state index in [4.69, 9.17) is 14.5 Å². The van der Waals surface area contributed by atoms with Crippen molar-refractivity contribution in [2.24, 2.45) is 0 Å². The number of aromatic nitrogens is 1. The van der Waals surface area contributed by atoms with Gasteiger partial charge in [0.15, 0.2) is 11.5 Å². The molecule has 4 rings (SSSR count). The van der Waals surface area contributed by atoms with Crippen LogP contribution in [0.2, 0.25) is 0 Å². The number of thiazole rings is 1. The highest BCUT2D eigenvalue weighted by atomic mass is 35.5. The Morgan fingerprint density at radius 2 is 2.05 bits per heavy atom. The molecule has 2 aromatic rings. The summed E-state index contributed by atoms with van der Waals surface area (Å²) in [7, 11) is 0. The van der Waals surface area contributed by atoms with E-state index in [0.717, 1.165) is 35.0 Å². The summed E-state index contributed by atoms with van der Waals surface area (Å²) in [6.45, 7) is 1.37. The zero-order chi connectivity index (χ0) is 14.1. The molecule has 1 aromatic carbocycles. The average molecular weight is 337 g/mol. The molecule has 0 atom stereocenters. The molecule has 0 saturated carbocycles. The number of nitrogens with zero attached hydrogens (tertiary/aromatic N) is 1. The van der Waals surface area contributed by atoms with Crippen LogP contribution < -0.4 is 14.8 Å². The van der Waals surface area contributed by atoms with Gasteiger partial charge in [0.1, 0.15) is 10.0 Å². The maximum absolute atomic E-state index is 5.39. The van der Waals surface area contributed by atoms with Gasteiger partial charge in [-0.2, -0.15) is 0 Å². The van der Waals surface area contributed by atoms with Crippen molar-refractivity contribution in [2.45, 2.75) is 19.3 Å². The highest BCUT2D eigenvalue weighted by Gasteiger charge is 2.13. The molecular weight excluding hydrogens is 320 g/mol. The minimum Gasteiger partial charge on any atom is -0.454 e. The van der Waals surface area contributed by atoms with Crippen molar-refractivity contribution in [3.05, 3.63) is 34.5 Å². The Labute approximate surface area is 139 Å². The average Bonchev–Trinajstić information content (AvgIpc) is 3.06. The second kappa shape index (κ2) is 6.58. The summed E-state index contributed by atoms with van der Waals surface area (Å²) in [5.41, 5.74) is 2.31. The Hall–Kier alpha value is -1.72. The first-order valence-electron chi connectivity index (χ1n) is 7.20. The third kappa shape index (κ3) is 3.05.